The van der Waals surface area contributed by atoms with Crippen LogP contribution in [0.5, 0.6) is 0 Å². The molecule has 2 heterocycles. The molecule has 0 radical (unpaired) electrons. The molecule has 0 aliphatic carbocycles. The summed E-state index contributed by atoms with van der Waals surface area (Å²) >= 11 is 0. The number of nitrogens with zero attached hydrogens (tertiary/aromatic N) is 3. The number of pyridine rings is 1. The molecule has 0 unspecified atom stereocenters. The molecular weight excluding hydrogens is 248 g/mol. The minimum atomic E-state index is -0.537. The highest BCUT2D eigenvalue weighted by Crippen LogP contribution is 2.18. The van der Waals surface area contributed by atoms with E-state index < -0.39 is 4.92 Å². The van der Waals surface area contributed by atoms with E-state index in [9.17, 15) is 14.9 Å². The van der Waals surface area contributed by atoms with Gasteiger partial charge in [-0.1, -0.05) is 0 Å². The van der Waals surface area contributed by atoms with Gasteiger partial charge in [0.15, 0.2) is 0 Å². The van der Waals surface area contributed by atoms with Gasteiger partial charge < -0.3 is 10.2 Å². The first kappa shape index (κ1) is 13.4. The number of nitrogens with one attached hydrogen (secondary N) is 1. The summed E-state index contributed by atoms with van der Waals surface area (Å²) in [7, 11) is 0. The van der Waals surface area contributed by atoms with Crippen molar-refractivity contribution in [1.82, 2.24) is 15.2 Å². The minimum Gasteiger partial charge on any atom is -0.333 e. The Labute approximate surface area is 110 Å². The van der Waals surface area contributed by atoms with Crippen molar-refractivity contribution in [2.45, 2.75) is 19.9 Å². The molecule has 1 saturated heterocycles. The number of aryl methyl sites for hydroxylation is 1. The van der Waals surface area contributed by atoms with Crippen LogP contribution in [0.3, 0.4) is 0 Å². The van der Waals surface area contributed by atoms with E-state index in [-0.39, 0.29) is 17.6 Å². The molecule has 1 atom stereocenters. The van der Waals surface area contributed by atoms with E-state index in [1.165, 1.54) is 12.3 Å². The number of carbonyl (C=O) groups is 1. The minimum absolute atomic E-state index is 0.0694. The lowest BCUT2D eigenvalue weighted by Gasteiger charge is -2.34. The Hall–Kier alpha value is -2.02. The average Bonchev–Trinajstić information content (AvgIpc) is 2.38. The summed E-state index contributed by atoms with van der Waals surface area (Å²) in [6, 6.07) is 1.37. The maximum absolute atomic E-state index is 12.4. The van der Waals surface area contributed by atoms with E-state index in [1.807, 2.05) is 6.92 Å². The SMILES string of the molecule is Cc1ncc([N+](=O)[O-])cc1C(=O)N1CCNC[C@H]1C. The lowest BCUT2D eigenvalue weighted by Crippen LogP contribution is -2.52. The predicted molar refractivity (Wildman–Crippen MR) is 69.0 cm³/mol. The molecule has 0 aromatic carbocycles. The van der Waals surface area contributed by atoms with Crippen LogP contribution in [0.1, 0.15) is 23.0 Å². The number of nitro groups is 1. The predicted octanol–water partition coefficient (Wildman–Crippen LogP) is 0.732. The van der Waals surface area contributed by atoms with E-state index in [0.717, 1.165) is 13.1 Å². The van der Waals surface area contributed by atoms with Gasteiger partial charge in [0.1, 0.15) is 6.20 Å². The van der Waals surface area contributed by atoms with E-state index in [4.69, 9.17) is 0 Å². The zero-order valence-corrected chi connectivity index (χ0v) is 10.9. The van der Waals surface area contributed by atoms with Crippen molar-refractivity contribution in [3.63, 3.8) is 0 Å². The van der Waals surface area contributed by atoms with E-state index in [2.05, 4.69) is 10.3 Å². The summed E-state index contributed by atoms with van der Waals surface area (Å²) in [6.45, 7) is 5.70. The normalized spacial score (nSPS) is 19.3. The fraction of sp³-hybridized carbons (Fsp3) is 0.500. The van der Waals surface area contributed by atoms with E-state index in [1.54, 1.807) is 11.8 Å². The first-order chi connectivity index (χ1) is 9.00. The molecule has 1 aliphatic heterocycles. The Morgan fingerprint density at radius 2 is 2.37 bits per heavy atom. The quantitative estimate of drug-likeness (QED) is 0.628. The third-order valence-corrected chi connectivity index (χ3v) is 3.28. The van der Waals surface area contributed by atoms with Crippen molar-refractivity contribution < 1.29 is 9.72 Å². The second-order valence-electron chi connectivity index (χ2n) is 4.64. The van der Waals surface area contributed by atoms with Crippen LogP contribution in [-0.2, 0) is 0 Å². The Morgan fingerprint density at radius 3 is 3.00 bits per heavy atom. The molecular formula is C12H16N4O3. The molecule has 1 aromatic rings. The fourth-order valence-corrected chi connectivity index (χ4v) is 2.14. The monoisotopic (exact) mass is 264 g/mol. The maximum atomic E-state index is 12.4. The number of piperazine rings is 1. The van der Waals surface area contributed by atoms with Crippen molar-refractivity contribution in [1.29, 1.82) is 0 Å². The number of aromatic nitrogens is 1. The zero-order chi connectivity index (χ0) is 14.0. The van der Waals surface area contributed by atoms with Crippen molar-refractivity contribution in [2.75, 3.05) is 19.6 Å². The summed E-state index contributed by atoms with van der Waals surface area (Å²) in [4.78, 5) is 28.3. The van der Waals surface area contributed by atoms with Gasteiger partial charge in [-0.05, 0) is 13.8 Å². The largest absolute Gasteiger partial charge is 0.333 e. The van der Waals surface area contributed by atoms with Gasteiger partial charge in [-0.3, -0.25) is 19.9 Å². The fourth-order valence-electron chi connectivity index (χ4n) is 2.14. The van der Waals surface area contributed by atoms with Gasteiger partial charge in [-0.15, -0.1) is 0 Å². The molecule has 0 saturated carbocycles. The third-order valence-electron chi connectivity index (χ3n) is 3.28. The van der Waals surface area contributed by atoms with Crippen molar-refractivity contribution in [3.8, 4) is 0 Å². The summed E-state index contributed by atoms with van der Waals surface area (Å²) < 4.78 is 0. The molecule has 2 rings (SSSR count). The zero-order valence-electron chi connectivity index (χ0n) is 10.9. The molecule has 1 fully saturated rings. The molecule has 1 N–H and O–H groups in total. The second-order valence-corrected chi connectivity index (χ2v) is 4.64. The van der Waals surface area contributed by atoms with E-state index in [0.29, 0.717) is 17.8 Å². The topological polar surface area (TPSA) is 88.4 Å². The molecule has 7 nitrogen and oxygen atoms in total. The standard InChI is InChI=1S/C12H16N4O3/c1-8-6-13-3-4-15(8)12(17)11-5-10(16(18)19)7-14-9(11)2/h5,7-8,13H,3-4,6H2,1-2H3/t8-/m1/s1. The van der Waals surface area contributed by atoms with Crippen LogP contribution in [0.25, 0.3) is 0 Å². The molecule has 7 heteroatoms. The van der Waals surface area contributed by atoms with Crippen LogP contribution in [0.4, 0.5) is 5.69 Å². The van der Waals surface area contributed by atoms with Gasteiger partial charge in [0.25, 0.3) is 11.6 Å². The van der Waals surface area contributed by atoms with Crippen LogP contribution < -0.4 is 5.32 Å². The maximum Gasteiger partial charge on any atom is 0.288 e. The summed E-state index contributed by atoms with van der Waals surface area (Å²) in [6.07, 6.45) is 1.17. The summed E-state index contributed by atoms with van der Waals surface area (Å²) in [5, 5.41) is 14.0. The van der Waals surface area contributed by atoms with E-state index >= 15 is 0 Å². The highest BCUT2D eigenvalue weighted by molar-refractivity contribution is 5.96. The molecule has 0 bridgehead atoms. The lowest BCUT2D eigenvalue weighted by atomic mass is 10.1. The summed E-state index contributed by atoms with van der Waals surface area (Å²) in [5.74, 6) is -0.192. The van der Waals surface area contributed by atoms with Crippen LogP contribution >= 0.6 is 0 Å². The Bertz CT molecular complexity index is 518. The average molecular weight is 264 g/mol. The third kappa shape index (κ3) is 2.70. The Kier molecular flexibility index (Phi) is 3.75. The number of hydrogen-bond donors (Lipinski definition) is 1. The van der Waals surface area contributed by atoms with Crippen molar-refractivity contribution in [3.05, 3.63) is 33.6 Å². The molecule has 0 spiro atoms. The van der Waals surface area contributed by atoms with Gasteiger partial charge in [-0.2, -0.15) is 0 Å². The first-order valence-corrected chi connectivity index (χ1v) is 6.13. The smallest absolute Gasteiger partial charge is 0.288 e. The molecule has 1 amide bonds. The molecule has 1 aromatic heterocycles. The van der Waals surface area contributed by atoms with Gasteiger partial charge in [0, 0.05) is 31.7 Å². The number of amides is 1. The molecule has 19 heavy (non-hydrogen) atoms. The van der Waals surface area contributed by atoms with Crippen LogP contribution in [0.15, 0.2) is 12.3 Å². The van der Waals surface area contributed by atoms with Gasteiger partial charge in [-0.25, -0.2) is 0 Å². The van der Waals surface area contributed by atoms with Crippen LogP contribution in [0, 0.1) is 17.0 Å². The van der Waals surface area contributed by atoms with Crippen LogP contribution in [0.2, 0.25) is 0 Å². The first-order valence-electron chi connectivity index (χ1n) is 6.13. The van der Waals surface area contributed by atoms with Gasteiger partial charge >= 0.3 is 0 Å². The number of hydrogen-bond acceptors (Lipinski definition) is 5. The lowest BCUT2D eigenvalue weighted by molar-refractivity contribution is -0.385. The second kappa shape index (κ2) is 5.31. The van der Waals surface area contributed by atoms with Crippen LogP contribution in [-0.4, -0.2) is 46.4 Å². The highest BCUT2D eigenvalue weighted by Gasteiger charge is 2.26. The molecule has 1 aliphatic rings. The molecule has 102 valence electrons. The Morgan fingerprint density at radius 1 is 1.63 bits per heavy atom. The number of carbonyl (C=O) groups excluding carboxylic acids is 1. The van der Waals surface area contributed by atoms with Gasteiger partial charge in [0.05, 0.1) is 16.2 Å². The Balaban J connectivity index is 2.32. The highest BCUT2D eigenvalue weighted by atomic mass is 16.6. The van der Waals surface area contributed by atoms with Crippen molar-refractivity contribution >= 4 is 11.6 Å². The van der Waals surface area contributed by atoms with Crippen molar-refractivity contribution in [2.24, 2.45) is 0 Å². The number of rotatable bonds is 2. The summed E-state index contributed by atoms with van der Waals surface area (Å²) in [5.41, 5.74) is 0.668. The van der Waals surface area contributed by atoms with Gasteiger partial charge in [0.2, 0.25) is 0 Å².